The van der Waals surface area contributed by atoms with Gasteiger partial charge >= 0.3 is 0 Å². The molecule has 0 saturated carbocycles. The summed E-state index contributed by atoms with van der Waals surface area (Å²) >= 11 is 10.1. The molecule has 0 radical (unpaired) electrons. The van der Waals surface area contributed by atoms with Crippen LogP contribution >= 0.6 is 24.2 Å². The molecule has 0 aromatic heterocycles. The molecule has 1 aromatic carbocycles. The third kappa shape index (κ3) is 2.36. The molecule has 0 amide bonds. The molecule has 13 heavy (non-hydrogen) atoms. The Morgan fingerprint density at radius 1 is 1.54 bits per heavy atom. The SMILES string of the molecule is CNC(S)c1cc(F)c(C)cc1Cl. The van der Waals surface area contributed by atoms with Crippen LogP contribution in [0.4, 0.5) is 4.39 Å². The number of hydrogen-bond acceptors (Lipinski definition) is 2. The molecular weight excluding hydrogens is 209 g/mol. The van der Waals surface area contributed by atoms with Crippen LogP contribution in [0.5, 0.6) is 0 Å². The first-order valence-electron chi connectivity index (χ1n) is 3.87. The van der Waals surface area contributed by atoms with Crippen molar-refractivity contribution in [3.05, 3.63) is 34.1 Å². The fourth-order valence-electron chi connectivity index (χ4n) is 1.03. The molecule has 0 aliphatic carbocycles. The molecule has 1 unspecified atom stereocenters. The van der Waals surface area contributed by atoms with Gasteiger partial charge in [-0.25, -0.2) is 4.39 Å². The highest BCUT2D eigenvalue weighted by atomic mass is 35.5. The Bertz CT molecular complexity index is 317. The van der Waals surface area contributed by atoms with Crippen molar-refractivity contribution in [3.63, 3.8) is 0 Å². The zero-order valence-electron chi connectivity index (χ0n) is 7.44. The fourth-order valence-corrected chi connectivity index (χ4v) is 1.64. The summed E-state index contributed by atoms with van der Waals surface area (Å²) in [5.74, 6) is -0.256. The third-order valence-corrected chi connectivity index (χ3v) is 2.71. The number of aryl methyl sites for hydroxylation is 1. The zero-order chi connectivity index (χ0) is 10.0. The summed E-state index contributed by atoms with van der Waals surface area (Å²) in [5, 5.41) is 3.18. The zero-order valence-corrected chi connectivity index (χ0v) is 9.09. The molecule has 0 aliphatic rings. The van der Waals surface area contributed by atoms with Crippen molar-refractivity contribution in [3.8, 4) is 0 Å². The van der Waals surface area contributed by atoms with Crippen molar-refractivity contribution >= 4 is 24.2 Å². The summed E-state index contributed by atoms with van der Waals surface area (Å²) in [6.45, 7) is 1.68. The van der Waals surface area contributed by atoms with Crippen molar-refractivity contribution in [2.24, 2.45) is 0 Å². The number of hydrogen-bond donors (Lipinski definition) is 2. The van der Waals surface area contributed by atoms with Gasteiger partial charge in [0.05, 0.1) is 5.37 Å². The Balaban J connectivity index is 3.15. The van der Waals surface area contributed by atoms with Crippen LogP contribution in [-0.2, 0) is 0 Å². The lowest BCUT2D eigenvalue weighted by molar-refractivity contribution is 0.614. The predicted molar refractivity (Wildman–Crippen MR) is 56.9 cm³/mol. The van der Waals surface area contributed by atoms with E-state index in [2.05, 4.69) is 17.9 Å². The third-order valence-electron chi connectivity index (χ3n) is 1.85. The van der Waals surface area contributed by atoms with Crippen LogP contribution in [0, 0.1) is 12.7 Å². The van der Waals surface area contributed by atoms with Crippen LogP contribution in [0.3, 0.4) is 0 Å². The van der Waals surface area contributed by atoms with Crippen LogP contribution in [0.25, 0.3) is 0 Å². The maximum atomic E-state index is 13.1. The van der Waals surface area contributed by atoms with E-state index in [0.717, 1.165) is 0 Å². The van der Waals surface area contributed by atoms with E-state index in [4.69, 9.17) is 11.6 Å². The molecule has 0 fully saturated rings. The number of nitrogens with one attached hydrogen (secondary N) is 1. The first kappa shape index (κ1) is 10.8. The van der Waals surface area contributed by atoms with Crippen molar-refractivity contribution in [2.75, 3.05) is 7.05 Å². The molecule has 0 aliphatic heterocycles. The van der Waals surface area contributed by atoms with Gasteiger partial charge in [-0.05, 0) is 31.7 Å². The minimum Gasteiger partial charge on any atom is -0.305 e. The van der Waals surface area contributed by atoms with Crippen LogP contribution in [0.1, 0.15) is 16.5 Å². The quantitative estimate of drug-likeness (QED) is 0.576. The normalized spacial score (nSPS) is 13.0. The second-order valence-corrected chi connectivity index (χ2v) is 3.74. The van der Waals surface area contributed by atoms with E-state index in [1.165, 1.54) is 6.07 Å². The lowest BCUT2D eigenvalue weighted by Crippen LogP contribution is -2.11. The van der Waals surface area contributed by atoms with Gasteiger partial charge in [0.15, 0.2) is 0 Å². The molecule has 1 nitrogen and oxygen atoms in total. The van der Waals surface area contributed by atoms with E-state index in [9.17, 15) is 4.39 Å². The van der Waals surface area contributed by atoms with Gasteiger partial charge in [-0.15, -0.1) is 0 Å². The molecule has 1 aromatic rings. The Hall–Kier alpha value is -0.250. The van der Waals surface area contributed by atoms with Gasteiger partial charge < -0.3 is 5.32 Å². The molecule has 1 rings (SSSR count). The number of benzene rings is 1. The van der Waals surface area contributed by atoms with E-state index < -0.39 is 0 Å². The lowest BCUT2D eigenvalue weighted by Gasteiger charge is -2.12. The van der Waals surface area contributed by atoms with Gasteiger partial charge in [0.1, 0.15) is 5.82 Å². The molecule has 0 spiro atoms. The lowest BCUT2D eigenvalue weighted by atomic mass is 10.1. The van der Waals surface area contributed by atoms with Gasteiger partial charge in [-0.2, -0.15) is 12.6 Å². The van der Waals surface area contributed by atoms with Crippen molar-refractivity contribution in [1.29, 1.82) is 0 Å². The van der Waals surface area contributed by atoms with Gasteiger partial charge in [0.2, 0.25) is 0 Å². The molecular formula is C9H11ClFNS. The van der Waals surface area contributed by atoms with Crippen LogP contribution in [0.2, 0.25) is 5.02 Å². The molecule has 4 heteroatoms. The van der Waals surface area contributed by atoms with Crippen LogP contribution in [-0.4, -0.2) is 7.05 Å². The van der Waals surface area contributed by atoms with Crippen molar-refractivity contribution < 1.29 is 4.39 Å². The van der Waals surface area contributed by atoms with Crippen LogP contribution < -0.4 is 5.32 Å². The first-order valence-corrected chi connectivity index (χ1v) is 4.76. The van der Waals surface area contributed by atoms with Crippen LogP contribution in [0.15, 0.2) is 12.1 Å². The maximum absolute atomic E-state index is 13.1. The monoisotopic (exact) mass is 219 g/mol. The minimum atomic E-state index is -0.256. The second kappa shape index (κ2) is 4.31. The standard InChI is InChI=1S/C9H11ClFNS/c1-5-3-7(10)6(4-8(5)11)9(13)12-2/h3-4,9,12-13H,1-2H3. The van der Waals surface area contributed by atoms with Crippen molar-refractivity contribution in [2.45, 2.75) is 12.3 Å². The molecule has 72 valence electrons. The highest BCUT2D eigenvalue weighted by Gasteiger charge is 2.11. The summed E-state index contributed by atoms with van der Waals surface area (Å²) < 4.78 is 13.1. The van der Waals surface area contributed by atoms with Gasteiger partial charge in [0, 0.05) is 10.6 Å². The average molecular weight is 220 g/mol. The highest BCUT2D eigenvalue weighted by Crippen LogP contribution is 2.27. The molecule has 0 bridgehead atoms. The summed E-state index contributed by atoms with van der Waals surface area (Å²) in [5.41, 5.74) is 1.21. The Morgan fingerprint density at radius 3 is 2.69 bits per heavy atom. The smallest absolute Gasteiger partial charge is 0.126 e. The Kier molecular flexibility index (Phi) is 3.59. The van der Waals surface area contributed by atoms with Crippen molar-refractivity contribution in [1.82, 2.24) is 5.32 Å². The van der Waals surface area contributed by atoms with E-state index in [1.54, 1.807) is 20.0 Å². The maximum Gasteiger partial charge on any atom is 0.126 e. The number of rotatable bonds is 2. The number of halogens is 2. The molecule has 1 atom stereocenters. The largest absolute Gasteiger partial charge is 0.305 e. The second-order valence-electron chi connectivity index (χ2n) is 2.81. The van der Waals surface area contributed by atoms with Gasteiger partial charge in [-0.1, -0.05) is 11.6 Å². The van der Waals surface area contributed by atoms with E-state index in [1.807, 2.05) is 0 Å². The predicted octanol–water partition coefficient (Wildman–Crippen LogP) is 2.94. The fraction of sp³-hybridized carbons (Fsp3) is 0.333. The highest BCUT2D eigenvalue weighted by molar-refractivity contribution is 7.80. The first-order chi connectivity index (χ1) is 6.06. The average Bonchev–Trinajstić information content (AvgIpc) is 2.10. The summed E-state index contributed by atoms with van der Waals surface area (Å²) in [6.07, 6.45) is 0. The summed E-state index contributed by atoms with van der Waals surface area (Å²) in [7, 11) is 1.74. The summed E-state index contributed by atoms with van der Waals surface area (Å²) in [4.78, 5) is 0. The molecule has 1 N–H and O–H groups in total. The minimum absolute atomic E-state index is 0.234. The summed E-state index contributed by atoms with van der Waals surface area (Å²) in [6, 6.07) is 3.01. The molecule has 0 saturated heterocycles. The topological polar surface area (TPSA) is 12.0 Å². The van der Waals surface area contributed by atoms with E-state index >= 15 is 0 Å². The van der Waals surface area contributed by atoms with E-state index in [-0.39, 0.29) is 11.2 Å². The molecule has 0 heterocycles. The number of thiol groups is 1. The van der Waals surface area contributed by atoms with E-state index in [0.29, 0.717) is 16.1 Å². The van der Waals surface area contributed by atoms with Gasteiger partial charge in [0.25, 0.3) is 0 Å². The Morgan fingerprint density at radius 2 is 2.15 bits per heavy atom. The van der Waals surface area contributed by atoms with Gasteiger partial charge in [-0.3, -0.25) is 0 Å². The Labute approximate surface area is 87.7 Å².